The fourth-order valence-corrected chi connectivity index (χ4v) is 1.60. The van der Waals surface area contributed by atoms with Crippen molar-refractivity contribution < 1.29 is 0 Å². The second-order valence-electron chi connectivity index (χ2n) is 4.04. The van der Waals surface area contributed by atoms with Crippen molar-refractivity contribution in [1.82, 2.24) is 9.78 Å². The Morgan fingerprint density at radius 2 is 2.21 bits per heavy atom. The molecule has 2 rings (SSSR count). The van der Waals surface area contributed by atoms with Crippen LogP contribution in [0.1, 0.15) is 13.8 Å². The van der Waals surface area contributed by atoms with Crippen LogP contribution in [0.3, 0.4) is 0 Å². The van der Waals surface area contributed by atoms with E-state index in [1.807, 2.05) is 29.1 Å². The number of fused-ring (bicyclic) bond motifs is 1. The molecule has 0 fully saturated rings. The maximum absolute atomic E-state index is 5.70. The van der Waals surface area contributed by atoms with E-state index in [0.29, 0.717) is 5.92 Å². The smallest absolute Gasteiger partial charge is 0.0684 e. The van der Waals surface area contributed by atoms with E-state index in [1.54, 1.807) is 0 Å². The second kappa shape index (κ2) is 3.33. The van der Waals surface area contributed by atoms with Gasteiger partial charge in [0, 0.05) is 17.6 Å². The van der Waals surface area contributed by atoms with Crippen LogP contribution in [-0.4, -0.2) is 9.78 Å². The molecule has 2 aromatic rings. The zero-order chi connectivity index (χ0) is 10.1. The zero-order valence-corrected chi connectivity index (χ0v) is 8.57. The minimum absolute atomic E-state index is 0.607. The summed E-state index contributed by atoms with van der Waals surface area (Å²) >= 11 is 0. The summed E-state index contributed by atoms with van der Waals surface area (Å²) < 4.78 is 2.03. The highest BCUT2D eigenvalue weighted by Crippen LogP contribution is 2.17. The van der Waals surface area contributed by atoms with Gasteiger partial charge in [0.25, 0.3) is 0 Å². The molecule has 0 atom stereocenters. The van der Waals surface area contributed by atoms with Crippen molar-refractivity contribution in [3.8, 4) is 0 Å². The fourth-order valence-electron chi connectivity index (χ4n) is 1.60. The maximum Gasteiger partial charge on any atom is 0.0684 e. The summed E-state index contributed by atoms with van der Waals surface area (Å²) in [5, 5.41) is 5.45. The Hall–Kier alpha value is -1.51. The van der Waals surface area contributed by atoms with Gasteiger partial charge in [0.1, 0.15) is 0 Å². The molecule has 1 aromatic heterocycles. The largest absolute Gasteiger partial charge is 0.399 e. The molecule has 14 heavy (non-hydrogen) atoms. The van der Waals surface area contributed by atoms with Crippen molar-refractivity contribution >= 4 is 16.6 Å². The average Bonchev–Trinajstić information content (AvgIpc) is 2.47. The van der Waals surface area contributed by atoms with Gasteiger partial charge in [-0.3, -0.25) is 4.68 Å². The second-order valence-corrected chi connectivity index (χ2v) is 4.04. The van der Waals surface area contributed by atoms with E-state index in [1.165, 1.54) is 0 Å². The lowest BCUT2D eigenvalue weighted by Gasteiger charge is -2.06. The van der Waals surface area contributed by atoms with Gasteiger partial charge in [-0.1, -0.05) is 13.8 Å². The third-order valence-corrected chi connectivity index (χ3v) is 2.20. The summed E-state index contributed by atoms with van der Waals surface area (Å²) in [6.45, 7) is 5.32. The van der Waals surface area contributed by atoms with Crippen molar-refractivity contribution in [3.05, 3.63) is 24.4 Å². The van der Waals surface area contributed by atoms with E-state index in [2.05, 4.69) is 18.9 Å². The number of hydrogen-bond acceptors (Lipinski definition) is 2. The number of anilines is 1. The minimum Gasteiger partial charge on any atom is -0.399 e. The van der Waals surface area contributed by atoms with Crippen LogP contribution in [0.5, 0.6) is 0 Å². The molecular weight excluding hydrogens is 174 g/mol. The molecule has 0 radical (unpaired) electrons. The Kier molecular flexibility index (Phi) is 2.15. The molecular formula is C11H15N3. The van der Waals surface area contributed by atoms with E-state index in [-0.39, 0.29) is 0 Å². The minimum atomic E-state index is 0.607. The van der Waals surface area contributed by atoms with Crippen LogP contribution in [0.4, 0.5) is 5.69 Å². The molecule has 1 heterocycles. The Bertz CT molecular complexity index is 443. The van der Waals surface area contributed by atoms with Crippen LogP contribution in [0.15, 0.2) is 24.4 Å². The summed E-state index contributed by atoms with van der Waals surface area (Å²) in [6, 6.07) is 5.90. The molecule has 0 saturated carbocycles. The molecule has 3 heteroatoms. The first-order chi connectivity index (χ1) is 6.66. The van der Waals surface area contributed by atoms with Crippen LogP contribution >= 0.6 is 0 Å². The average molecular weight is 189 g/mol. The molecule has 0 aliphatic heterocycles. The quantitative estimate of drug-likeness (QED) is 0.736. The normalized spacial score (nSPS) is 11.4. The zero-order valence-electron chi connectivity index (χ0n) is 8.57. The van der Waals surface area contributed by atoms with E-state index in [4.69, 9.17) is 5.73 Å². The predicted molar refractivity (Wildman–Crippen MR) is 59.0 cm³/mol. The Balaban J connectivity index is 2.47. The van der Waals surface area contributed by atoms with Gasteiger partial charge < -0.3 is 5.73 Å². The first kappa shape index (κ1) is 9.06. The number of nitrogens with two attached hydrogens (primary N) is 1. The van der Waals surface area contributed by atoms with Crippen molar-refractivity contribution in [1.29, 1.82) is 0 Å². The Morgan fingerprint density at radius 3 is 2.93 bits per heavy atom. The predicted octanol–water partition coefficient (Wildman–Crippen LogP) is 2.27. The molecule has 0 spiro atoms. The summed E-state index contributed by atoms with van der Waals surface area (Å²) in [4.78, 5) is 0. The first-order valence-electron chi connectivity index (χ1n) is 4.88. The van der Waals surface area contributed by atoms with Gasteiger partial charge in [-0.25, -0.2) is 0 Å². The van der Waals surface area contributed by atoms with Gasteiger partial charge in [-0.05, 0) is 24.1 Å². The standard InChI is InChI=1S/C11H15N3/c1-8(2)7-14-11-4-3-10(12)5-9(11)6-13-14/h3-6,8H,7,12H2,1-2H3. The van der Waals surface area contributed by atoms with E-state index in [0.717, 1.165) is 23.1 Å². The van der Waals surface area contributed by atoms with Gasteiger partial charge in [-0.2, -0.15) is 5.10 Å². The molecule has 1 aromatic carbocycles. The highest BCUT2D eigenvalue weighted by molar-refractivity contribution is 5.81. The number of nitrogen functional groups attached to an aromatic ring is 1. The Labute approximate surface area is 83.5 Å². The van der Waals surface area contributed by atoms with E-state index in [9.17, 15) is 0 Å². The van der Waals surface area contributed by atoms with Gasteiger partial charge >= 0.3 is 0 Å². The summed E-state index contributed by atoms with van der Waals surface area (Å²) in [5.41, 5.74) is 7.65. The summed E-state index contributed by atoms with van der Waals surface area (Å²) in [5.74, 6) is 0.607. The van der Waals surface area contributed by atoms with Crippen LogP contribution in [-0.2, 0) is 6.54 Å². The third-order valence-electron chi connectivity index (χ3n) is 2.20. The summed E-state index contributed by atoms with van der Waals surface area (Å²) in [7, 11) is 0. The lowest BCUT2D eigenvalue weighted by atomic mass is 10.2. The first-order valence-corrected chi connectivity index (χ1v) is 4.88. The SMILES string of the molecule is CC(C)Cn1ncc2cc(N)ccc21. The number of rotatable bonds is 2. The van der Waals surface area contributed by atoms with Gasteiger partial charge in [-0.15, -0.1) is 0 Å². The Morgan fingerprint density at radius 1 is 1.43 bits per heavy atom. The van der Waals surface area contributed by atoms with Crippen LogP contribution in [0.2, 0.25) is 0 Å². The maximum atomic E-state index is 5.70. The fraction of sp³-hybridized carbons (Fsp3) is 0.364. The number of hydrogen-bond donors (Lipinski definition) is 1. The molecule has 0 aliphatic rings. The van der Waals surface area contributed by atoms with Crippen LogP contribution in [0.25, 0.3) is 10.9 Å². The van der Waals surface area contributed by atoms with Gasteiger partial charge in [0.15, 0.2) is 0 Å². The molecule has 74 valence electrons. The lowest BCUT2D eigenvalue weighted by molar-refractivity contribution is 0.495. The molecule has 0 saturated heterocycles. The molecule has 0 bridgehead atoms. The topological polar surface area (TPSA) is 43.8 Å². The highest BCUT2D eigenvalue weighted by atomic mass is 15.3. The molecule has 0 amide bonds. The molecule has 0 aliphatic carbocycles. The number of benzene rings is 1. The van der Waals surface area contributed by atoms with Gasteiger partial charge in [0.2, 0.25) is 0 Å². The highest BCUT2D eigenvalue weighted by Gasteiger charge is 2.03. The summed E-state index contributed by atoms with van der Waals surface area (Å²) in [6.07, 6.45) is 1.87. The third kappa shape index (κ3) is 1.58. The molecule has 2 N–H and O–H groups in total. The van der Waals surface area contributed by atoms with E-state index >= 15 is 0 Å². The van der Waals surface area contributed by atoms with Crippen molar-refractivity contribution in [2.75, 3.05) is 5.73 Å². The van der Waals surface area contributed by atoms with E-state index < -0.39 is 0 Å². The number of nitrogens with zero attached hydrogens (tertiary/aromatic N) is 2. The van der Waals surface area contributed by atoms with Crippen molar-refractivity contribution in [3.63, 3.8) is 0 Å². The van der Waals surface area contributed by atoms with Gasteiger partial charge in [0.05, 0.1) is 11.7 Å². The van der Waals surface area contributed by atoms with Crippen molar-refractivity contribution in [2.24, 2.45) is 5.92 Å². The monoisotopic (exact) mass is 189 g/mol. The lowest BCUT2D eigenvalue weighted by Crippen LogP contribution is -2.05. The van der Waals surface area contributed by atoms with Crippen LogP contribution < -0.4 is 5.73 Å². The number of aromatic nitrogens is 2. The van der Waals surface area contributed by atoms with Crippen LogP contribution in [0, 0.1) is 5.92 Å². The molecule has 3 nitrogen and oxygen atoms in total. The van der Waals surface area contributed by atoms with Crippen molar-refractivity contribution in [2.45, 2.75) is 20.4 Å². The molecule has 0 unspecified atom stereocenters.